The molecule has 1 aliphatic heterocycles. The predicted octanol–water partition coefficient (Wildman–Crippen LogP) is 2.78. The van der Waals surface area contributed by atoms with Crippen molar-refractivity contribution in [2.24, 2.45) is 5.10 Å². The zero-order valence-corrected chi connectivity index (χ0v) is 14.2. The second-order valence-corrected chi connectivity index (χ2v) is 6.92. The number of aryl methyl sites for hydroxylation is 1. The Balaban J connectivity index is 1.46. The van der Waals surface area contributed by atoms with E-state index in [1.54, 1.807) is 23.6 Å². The number of nitrogens with one attached hydrogen (secondary N) is 3. The SMILES string of the molecule is Cc1ccc(C2CC(C(=O)N/N=C/C=C/c3ccccc3)NN2)s1. The summed E-state index contributed by atoms with van der Waals surface area (Å²) in [7, 11) is 0. The molecule has 124 valence electrons. The molecule has 2 unspecified atom stereocenters. The van der Waals surface area contributed by atoms with Crippen LogP contribution in [-0.2, 0) is 4.79 Å². The van der Waals surface area contributed by atoms with Crippen LogP contribution in [0.25, 0.3) is 6.08 Å². The van der Waals surface area contributed by atoms with Crippen molar-refractivity contribution in [2.75, 3.05) is 0 Å². The topological polar surface area (TPSA) is 65.5 Å². The standard InChI is InChI=1S/C18H20N4OS/c1-13-9-10-17(24-13)15-12-16(21-20-15)18(23)22-19-11-5-8-14-6-3-2-4-7-14/h2-11,15-16,20-21H,12H2,1H3,(H,22,23)/b8-5+,19-11+. The Morgan fingerprint density at radius 3 is 2.83 bits per heavy atom. The van der Waals surface area contributed by atoms with Crippen LogP contribution in [0.2, 0.25) is 0 Å². The molecule has 3 rings (SSSR count). The van der Waals surface area contributed by atoms with Gasteiger partial charge in [0.25, 0.3) is 5.91 Å². The Kier molecular flexibility index (Phi) is 5.53. The van der Waals surface area contributed by atoms with Crippen LogP contribution in [0.1, 0.15) is 27.8 Å². The van der Waals surface area contributed by atoms with Gasteiger partial charge in [0.2, 0.25) is 0 Å². The molecule has 6 heteroatoms. The van der Waals surface area contributed by atoms with Crippen molar-refractivity contribution < 1.29 is 4.79 Å². The first-order chi connectivity index (χ1) is 11.7. The molecule has 1 saturated heterocycles. The van der Waals surface area contributed by atoms with Gasteiger partial charge < -0.3 is 0 Å². The number of amides is 1. The van der Waals surface area contributed by atoms with Crippen molar-refractivity contribution in [3.8, 4) is 0 Å². The fourth-order valence-corrected chi connectivity index (χ4v) is 3.44. The molecule has 1 fully saturated rings. The molecule has 1 aromatic heterocycles. The minimum Gasteiger partial charge on any atom is -0.271 e. The van der Waals surface area contributed by atoms with Gasteiger partial charge in [-0.3, -0.25) is 4.79 Å². The van der Waals surface area contributed by atoms with Crippen LogP contribution in [0.15, 0.2) is 53.6 Å². The summed E-state index contributed by atoms with van der Waals surface area (Å²) in [4.78, 5) is 14.6. The molecule has 2 aromatic rings. The van der Waals surface area contributed by atoms with Gasteiger partial charge >= 0.3 is 0 Å². The fraction of sp³-hybridized carbons (Fsp3) is 0.222. The van der Waals surface area contributed by atoms with Crippen LogP contribution < -0.4 is 16.3 Å². The van der Waals surface area contributed by atoms with E-state index in [2.05, 4.69) is 40.4 Å². The van der Waals surface area contributed by atoms with Crippen molar-refractivity contribution in [1.82, 2.24) is 16.3 Å². The number of hydrogen-bond donors (Lipinski definition) is 3. The van der Waals surface area contributed by atoms with Gasteiger partial charge in [-0.15, -0.1) is 11.3 Å². The number of carbonyl (C=O) groups excluding carboxylic acids is 1. The van der Waals surface area contributed by atoms with Gasteiger partial charge in [-0.25, -0.2) is 16.3 Å². The van der Waals surface area contributed by atoms with E-state index in [1.165, 1.54) is 9.75 Å². The monoisotopic (exact) mass is 340 g/mol. The van der Waals surface area contributed by atoms with Crippen LogP contribution in [0.5, 0.6) is 0 Å². The predicted molar refractivity (Wildman–Crippen MR) is 98.6 cm³/mol. The van der Waals surface area contributed by atoms with Crippen LogP contribution in [0, 0.1) is 6.92 Å². The van der Waals surface area contributed by atoms with Gasteiger partial charge in [-0.05, 0) is 37.1 Å². The number of thiophene rings is 1. The van der Waals surface area contributed by atoms with E-state index in [0.29, 0.717) is 6.42 Å². The average molecular weight is 340 g/mol. The molecule has 1 amide bonds. The zero-order chi connectivity index (χ0) is 16.8. The largest absolute Gasteiger partial charge is 0.271 e. The molecule has 1 aromatic carbocycles. The summed E-state index contributed by atoms with van der Waals surface area (Å²) in [5.74, 6) is -0.136. The van der Waals surface area contributed by atoms with Crippen LogP contribution >= 0.6 is 11.3 Å². The molecule has 0 spiro atoms. The summed E-state index contributed by atoms with van der Waals surface area (Å²) in [5, 5.41) is 3.96. The van der Waals surface area contributed by atoms with E-state index in [4.69, 9.17) is 0 Å². The molecule has 5 nitrogen and oxygen atoms in total. The van der Waals surface area contributed by atoms with E-state index in [1.807, 2.05) is 36.4 Å². The van der Waals surface area contributed by atoms with Gasteiger partial charge in [-0.2, -0.15) is 5.10 Å². The summed E-state index contributed by atoms with van der Waals surface area (Å²) < 4.78 is 0. The first kappa shape index (κ1) is 16.6. The first-order valence-corrected chi connectivity index (χ1v) is 8.66. The van der Waals surface area contributed by atoms with Gasteiger partial charge in [-0.1, -0.05) is 36.4 Å². The lowest BCUT2D eigenvalue weighted by Gasteiger charge is -2.06. The highest BCUT2D eigenvalue weighted by molar-refractivity contribution is 7.12. The van der Waals surface area contributed by atoms with Crippen molar-refractivity contribution in [3.63, 3.8) is 0 Å². The normalized spacial score (nSPS) is 20.9. The summed E-state index contributed by atoms with van der Waals surface area (Å²) in [6.07, 6.45) is 6.02. The molecule has 0 aliphatic carbocycles. The Hall–Kier alpha value is -2.28. The summed E-state index contributed by atoms with van der Waals surface area (Å²) in [6.45, 7) is 2.08. The second-order valence-electron chi connectivity index (χ2n) is 5.60. The maximum absolute atomic E-state index is 12.1. The van der Waals surface area contributed by atoms with Gasteiger partial charge in [0.05, 0.1) is 6.04 Å². The highest BCUT2D eigenvalue weighted by atomic mass is 32.1. The number of carbonyl (C=O) groups is 1. The lowest BCUT2D eigenvalue weighted by atomic mass is 10.1. The van der Waals surface area contributed by atoms with Crippen molar-refractivity contribution >= 4 is 29.5 Å². The van der Waals surface area contributed by atoms with E-state index in [9.17, 15) is 4.79 Å². The van der Waals surface area contributed by atoms with Crippen LogP contribution in [0.3, 0.4) is 0 Å². The van der Waals surface area contributed by atoms with Crippen molar-refractivity contribution in [3.05, 3.63) is 63.9 Å². The number of benzene rings is 1. The third-order valence-electron chi connectivity index (χ3n) is 3.75. The molecular weight excluding hydrogens is 320 g/mol. The quantitative estimate of drug-likeness (QED) is 0.579. The first-order valence-electron chi connectivity index (χ1n) is 7.84. The Morgan fingerprint density at radius 2 is 2.08 bits per heavy atom. The van der Waals surface area contributed by atoms with Crippen molar-refractivity contribution in [2.45, 2.75) is 25.4 Å². The van der Waals surface area contributed by atoms with Crippen LogP contribution in [0.4, 0.5) is 0 Å². The number of hydrazine groups is 1. The lowest BCUT2D eigenvalue weighted by Crippen LogP contribution is -2.41. The Bertz CT molecular complexity index is 738. The van der Waals surface area contributed by atoms with E-state index >= 15 is 0 Å². The minimum absolute atomic E-state index is 0.136. The van der Waals surface area contributed by atoms with E-state index < -0.39 is 0 Å². The van der Waals surface area contributed by atoms with E-state index in [-0.39, 0.29) is 18.0 Å². The maximum Gasteiger partial charge on any atom is 0.258 e. The molecule has 2 atom stereocenters. The van der Waals surface area contributed by atoms with Crippen molar-refractivity contribution in [1.29, 1.82) is 0 Å². The highest BCUT2D eigenvalue weighted by Crippen LogP contribution is 2.28. The number of rotatable bonds is 5. The molecular formula is C18H20N4OS. The molecule has 24 heavy (non-hydrogen) atoms. The van der Waals surface area contributed by atoms with Gasteiger partial charge in [0, 0.05) is 16.0 Å². The van der Waals surface area contributed by atoms with Gasteiger partial charge in [0.15, 0.2) is 0 Å². The Labute approximate surface area is 145 Å². The average Bonchev–Trinajstić information content (AvgIpc) is 3.24. The molecule has 1 aliphatic rings. The lowest BCUT2D eigenvalue weighted by molar-refractivity contribution is -0.122. The molecule has 0 saturated carbocycles. The number of nitrogens with zero attached hydrogens (tertiary/aromatic N) is 1. The third-order valence-corrected chi connectivity index (χ3v) is 4.86. The third kappa shape index (κ3) is 4.38. The maximum atomic E-state index is 12.1. The zero-order valence-electron chi connectivity index (χ0n) is 13.4. The Morgan fingerprint density at radius 1 is 1.25 bits per heavy atom. The van der Waals surface area contributed by atoms with E-state index in [0.717, 1.165) is 5.56 Å². The second kappa shape index (κ2) is 8.01. The minimum atomic E-state index is -0.285. The number of hydrazone groups is 1. The molecule has 0 radical (unpaired) electrons. The number of allylic oxidation sites excluding steroid dienone is 1. The van der Waals surface area contributed by atoms with Crippen LogP contribution in [-0.4, -0.2) is 18.2 Å². The smallest absolute Gasteiger partial charge is 0.258 e. The molecule has 0 bridgehead atoms. The fourth-order valence-electron chi connectivity index (χ4n) is 2.50. The highest BCUT2D eigenvalue weighted by Gasteiger charge is 2.30. The summed E-state index contributed by atoms with van der Waals surface area (Å²) in [5.41, 5.74) is 9.86. The number of hydrogen-bond acceptors (Lipinski definition) is 5. The molecule has 2 heterocycles. The summed E-state index contributed by atoms with van der Waals surface area (Å²) in [6, 6.07) is 14.0. The molecule has 3 N–H and O–H groups in total. The summed E-state index contributed by atoms with van der Waals surface area (Å²) >= 11 is 1.75. The van der Waals surface area contributed by atoms with Gasteiger partial charge in [0.1, 0.15) is 6.04 Å².